The maximum Gasteiger partial charge on any atom is 0.261 e. The molecule has 0 saturated carbocycles. The van der Waals surface area contributed by atoms with Crippen LogP contribution in [0.4, 0.5) is 11.5 Å². The van der Waals surface area contributed by atoms with E-state index < -0.39 is 11.5 Å². The molecule has 1 saturated heterocycles. The van der Waals surface area contributed by atoms with Crippen molar-refractivity contribution in [3.63, 3.8) is 0 Å². The fourth-order valence-corrected chi connectivity index (χ4v) is 3.28. The quantitative estimate of drug-likeness (QED) is 0.762. The zero-order chi connectivity index (χ0) is 17.9. The van der Waals surface area contributed by atoms with Gasteiger partial charge in [0.05, 0.1) is 11.9 Å². The van der Waals surface area contributed by atoms with Crippen molar-refractivity contribution >= 4 is 28.3 Å². The van der Waals surface area contributed by atoms with Gasteiger partial charge in [0.15, 0.2) is 0 Å². The lowest BCUT2D eigenvalue weighted by Gasteiger charge is -2.27. The summed E-state index contributed by atoms with van der Waals surface area (Å²) < 4.78 is 0. The first-order chi connectivity index (χ1) is 12.7. The highest BCUT2D eigenvalue weighted by Gasteiger charge is 2.14. The Balaban J connectivity index is 1.52. The van der Waals surface area contributed by atoms with Crippen molar-refractivity contribution in [3.8, 4) is 0 Å². The van der Waals surface area contributed by atoms with E-state index in [1.54, 1.807) is 12.3 Å². The fourth-order valence-electron chi connectivity index (χ4n) is 3.28. The van der Waals surface area contributed by atoms with Crippen LogP contribution in [0, 0.1) is 0 Å². The van der Waals surface area contributed by atoms with Gasteiger partial charge in [0.2, 0.25) is 0 Å². The zero-order valence-corrected chi connectivity index (χ0v) is 14.4. The van der Waals surface area contributed by atoms with Crippen molar-refractivity contribution in [1.82, 2.24) is 9.97 Å². The number of rotatable bonds is 3. The second-order valence-corrected chi connectivity index (χ2v) is 6.51. The first-order valence-electron chi connectivity index (χ1n) is 8.85. The van der Waals surface area contributed by atoms with Gasteiger partial charge in [-0.3, -0.25) is 9.59 Å². The largest absolute Gasteiger partial charge is 0.357 e. The molecule has 4 rings (SSSR count). The van der Waals surface area contributed by atoms with Gasteiger partial charge in [-0.15, -0.1) is 0 Å². The van der Waals surface area contributed by atoms with Gasteiger partial charge in [-0.25, -0.2) is 4.98 Å². The number of benzene rings is 1. The van der Waals surface area contributed by atoms with E-state index in [0.29, 0.717) is 11.2 Å². The van der Waals surface area contributed by atoms with Crippen LogP contribution in [0.1, 0.15) is 29.6 Å². The number of hydrogen-bond donors (Lipinski definition) is 2. The smallest absolute Gasteiger partial charge is 0.261 e. The maximum atomic E-state index is 12.5. The van der Waals surface area contributed by atoms with Crippen molar-refractivity contribution in [3.05, 3.63) is 64.6 Å². The maximum absolute atomic E-state index is 12.5. The molecule has 6 nitrogen and oxygen atoms in total. The summed E-state index contributed by atoms with van der Waals surface area (Å²) in [5.41, 5.74) is 0.966. The van der Waals surface area contributed by atoms with E-state index in [0.717, 1.165) is 24.3 Å². The molecule has 1 aliphatic rings. The number of H-pyrrole nitrogens is 1. The van der Waals surface area contributed by atoms with Crippen LogP contribution in [0.25, 0.3) is 10.9 Å². The number of aromatic amines is 1. The van der Waals surface area contributed by atoms with Gasteiger partial charge < -0.3 is 15.2 Å². The predicted octanol–water partition coefficient (Wildman–Crippen LogP) is 3.17. The van der Waals surface area contributed by atoms with Crippen molar-refractivity contribution in [1.29, 1.82) is 0 Å². The second kappa shape index (κ2) is 7.00. The number of hydrogen-bond acceptors (Lipinski definition) is 4. The van der Waals surface area contributed by atoms with E-state index in [9.17, 15) is 9.59 Å². The number of para-hydroxylation sites is 1. The number of aromatic nitrogens is 2. The molecule has 0 atom stereocenters. The molecule has 132 valence electrons. The number of amides is 1. The van der Waals surface area contributed by atoms with Gasteiger partial charge >= 0.3 is 0 Å². The van der Waals surface area contributed by atoms with Crippen molar-refractivity contribution in [2.75, 3.05) is 23.3 Å². The molecule has 3 aromatic rings. The van der Waals surface area contributed by atoms with Crippen LogP contribution in [0.5, 0.6) is 0 Å². The Hall–Kier alpha value is -3.15. The molecule has 26 heavy (non-hydrogen) atoms. The lowest BCUT2D eigenvalue weighted by molar-refractivity contribution is 0.102. The molecule has 2 N–H and O–H groups in total. The van der Waals surface area contributed by atoms with Crippen LogP contribution >= 0.6 is 0 Å². The van der Waals surface area contributed by atoms with Crippen LogP contribution in [0.2, 0.25) is 0 Å². The van der Waals surface area contributed by atoms with Crippen LogP contribution in [-0.4, -0.2) is 29.0 Å². The molecular weight excluding hydrogens is 328 g/mol. The Bertz CT molecular complexity index is 989. The zero-order valence-electron chi connectivity index (χ0n) is 14.4. The second-order valence-electron chi connectivity index (χ2n) is 6.51. The van der Waals surface area contributed by atoms with Gasteiger partial charge in [-0.05, 0) is 48.9 Å². The number of carbonyl (C=O) groups is 1. The summed E-state index contributed by atoms with van der Waals surface area (Å²) in [6.45, 7) is 2.04. The summed E-state index contributed by atoms with van der Waals surface area (Å²) in [6, 6.07) is 12.7. The Morgan fingerprint density at radius 2 is 1.88 bits per heavy atom. The number of piperidine rings is 1. The fraction of sp³-hybridized carbons (Fsp3) is 0.250. The lowest BCUT2D eigenvalue weighted by Crippen LogP contribution is -2.30. The predicted molar refractivity (Wildman–Crippen MR) is 103 cm³/mol. The Kier molecular flexibility index (Phi) is 4.39. The first kappa shape index (κ1) is 16.3. The van der Waals surface area contributed by atoms with E-state index in [1.165, 1.54) is 19.3 Å². The van der Waals surface area contributed by atoms with E-state index in [1.807, 2.05) is 36.4 Å². The number of carbonyl (C=O) groups excluding carboxylic acids is 1. The van der Waals surface area contributed by atoms with Gasteiger partial charge in [0, 0.05) is 18.6 Å². The van der Waals surface area contributed by atoms with Crippen molar-refractivity contribution in [2.45, 2.75) is 19.3 Å². The molecule has 2 aromatic heterocycles. The first-order valence-corrected chi connectivity index (χ1v) is 8.85. The number of nitrogens with zero attached hydrogens (tertiary/aromatic N) is 2. The number of anilines is 2. The monoisotopic (exact) mass is 348 g/mol. The van der Waals surface area contributed by atoms with E-state index >= 15 is 0 Å². The molecule has 0 unspecified atom stereocenters. The molecule has 6 heteroatoms. The van der Waals surface area contributed by atoms with Gasteiger partial charge in [-0.1, -0.05) is 18.2 Å². The third-order valence-electron chi connectivity index (χ3n) is 4.68. The molecule has 0 aliphatic carbocycles. The summed E-state index contributed by atoms with van der Waals surface area (Å²) in [5.74, 6) is 0.482. The topological polar surface area (TPSA) is 78.1 Å². The van der Waals surface area contributed by atoms with E-state index in [2.05, 4.69) is 20.2 Å². The Labute approximate surface area is 150 Å². The lowest BCUT2D eigenvalue weighted by atomic mass is 10.1. The van der Waals surface area contributed by atoms with Crippen LogP contribution in [0.15, 0.2) is 53.5 Å². The van der Waals surface area contributed by atoms with Gasteiger partial charge in [0.25, 0.3) is 11.5 Å². The molecule has 1 aliphatic heterocycles. The minimum Gasteiger partial charge on any atom is -0.357 e. The normalized spacial score (nSPS) is 14.4. The number of fused-ring (bicyclic) bond motifs is 1. The molecular formula is C20H20N4O2. The highest BCUT2D eigenvalue weighted by molar-refractivity contribution is 6.05. The Morgan fingerprint density at radius 1 is 1.08 bits per heavy atom. The average molecular weight is 348 g/mol. The summed E-state index contributed by atoms with van der Waals surface area (Å²) in [4.78, 5) is 34.1. The van der Waals surface area contributed by atoms with E-state index in [-0.39, 0.29) is 5.56 Å². The minimum atomic E-state index is -0.440. The van der Waals surface area contributed by atoms with Gasteiger partial charge in [-0.2, -0.15) is 0 Å². The summed E-state index contributed by atoms with van der Waals surface area (Å²) in [5, 5.41) is 3.57. The average Bonchev–Trinajstić information content (AvgIpc) is 2.68. The SMILES string of the molecule is O=C(Nc1ccc(N2CCCCC2)nc1)c1cc2ccccc2[nH]c1=O. The molecule has 0 spiro atoms. The molecule has 0 radical (unpaired) electrons. The summed E-state index contributed by atoms with van der Waals surface area (Å²) in [7, 11) is 0. The molecule has 0 bridgehead atoms. The third-order valence-corrected chi connectivity index (χ3v) is 4.68. The van der Waals surface area contributed by atoms with Crippen LogP contribution in [0.3, 0.4) is 0 Å². The number of pyridine rings is 2. The highest BCUT2D eigenvalue weighted by Crippen LogP contribution is 2.19. The number of nitrogens with one attached hydrogen (secondary N) is 2. The van der Waals surface area contributed by atoms with Crippen molar-refractivity contribution in [2.24, 2.45) is 0 Å². The van der Waals surface area contributed by atoms with Crippen LogP contribution < -0.4 is 15.8 Å². The summed E-state index contributed by atoms with van der Waals surface area (Å²) >= 11 is 0. The standard InChI is InChI=1S/C20H20N4O2/c25-19(16-12-14-6-2-3-7-17(14)23-20(16)26)22-15-8-9-18(21-13-15)24-10-4-1-5-11-24/h2-3,6-9,12-13H,1,4-5,10-11H2,(H,22,25)(H,23,26). The third kappa shape index (κ3) is 3.31. The highest BCUT2D eigenvalue weighted by atomic mass is 16.2. The van der Waals surface area contributed by atoms with Crippen molar-refractivity contribution < 1.29 is 4.79 Å². The molecule has 1 amide bonds. The van der Waals surface area contributed by atoms with Crippen LogP contribution in [-0.2, 0) is 0 Å². The molecule has 1 aromatic carbocycles. The van der Waals surface area contributed by atoms with E-state index in [4.69, 9.17) is 0 Å². The molecule has 3 heterocycles. The molecule has 1 fully saturated rings. The summed E-state index contributed by atoms with van der Waals surface area (Å²) in [6.07, 6.45) is 5.28. The minimum absolute atomic E-state index is 0.0869. The van der Waals surface area contributed by atoms with Gasteiger partial charge in [0.1, 0.15) is 11.4 Å². The Morgan fingerprint density at radius 3 is 2.65 bits per heavy atom.